The highest BCUT2D eigenvalue weighted by Gasteiger charge is 2.14. The Balaban J connectivity index is 0. The van der Waals surface area contributed by atoms with E-state index in [2.05, 4.69) is 4.29 Å². The maximum absolute atomic E-state index is 5.58. The van der Waals surface area contributed by atoms with E-state index >= 15 is 0 Å². The second-order valence-corrected chi connectivity index (χ2v) is 3.64. The molecule has 0 heterocycles. The van der Waals surface area contributed by atoms with Crippen molar-refractivity contribution in [2.75, 3.05) is 27.7 Å². The van der Waals surface area contributed by atoms with Gasteiger partial charge in [-0.15, -0.1) is 0 Å². The molecule has 0 bridgehead atoms. The summed E-state index contributed by atoms with van der Waals surface area (Å²) in [6.07, 6.45) is 0. The van der Waals surface area contributed by atoms with E-state index in [1.165, 1.54) is 0 Å². The molecular formula is C5H12Cl3NO. The second-order valence-electron chi connectivity index (χ2n) is 2.97. The first-order chi connectivity index (χ1) is 3.95. The molecule has 0 N–H and O–H groups in total. The van der Waals surface area contributed by atoms with Crippen LogP contribution in [0.4, 0.5) is 0 Å². The Morgan fingerprint density at radius 3 is 1.90 bits per heavy atom. The minimum Gasteiger partial charge on any atom is -1.00 e. The van der Waals surface area contributed by atoms with Crippen molar-refractivity contribution in [2.45, 2.75) is 5.56 Å². The molecule has 1 atom stereocenters. The predicted molar refractivity (Wildman–Crippen MR) is 39.5 cm³/mol. The zero-order chi connectivity index (χ0) is 7.49. The summed E-state index contributed by atoms with van der Waals surface area (Å²) in [7, 11) is 6.06. The molecule has 0 amide bonds. The van der Waals surface area contributed by atoms with Gasteiger partial charge in [0.1, 0.15) is 6.54 Å². The standard InChI is InChI=1S/C5H12Cl2NO.ClH/c1-8(2,3)4-5(6)9-7;/h5H,4H2,1-3H3;1H/q+1;/p-1. The average molecular weight is 209 g/mol. The molecule has 5 heteroatoms. The molecule has 0 rings (SSSR count). The van der Waals surface area contributed by atoms with Crippen LogP contribution in [-0.2, 0) is 4.29 Å². The van der Waals surface area contributed by atoms with E-state index in [1.54, 1.807) is 0 Å². The van der Waals surface area contributed by atoms with Crippen LogP contribution in [0.25, 0.3) is 0 Å². The SMILES string of the molecule is C[N+](C)(C)CC(Cl)OCl.[Cl-]. The van der Waals surface area contributed by atoms with Gasteiger partial charge in [0.25, 0.3) is 0 Å². The number of likely N-dealkylation sites (N-methyl/N-ethyl adjacent to an activating group) is 1. The Hall–Kier alpha value is 0.790. The topological polar surface area (TPSA) is 9.23 Å². The lowest BCUT2D eigenvalue weighted by molar-refractivity contribution is -0.871. The first-order valence-corrected chi connectivity index (χ1v) is 3.42. The summed E-state index contributed by atoms with van der Waals surface area (Å²) >= 11 is 10.6. The van der Waals surface area contributed by atoms with Crippen LogP contribution >= 0.6 is 23.5 Å². The van der Waals surface area contributed by atoms with Crippen molar-refractivity contribution in [1.29, 1.82) is 0 Å². The van der Waals surface area contributed by atoms with Crippen molar-refractivity contribution in [3.63, 3.8) is 0 Å². The second kappa shape index (κ2) is 5.44. The Bertz CT molecular complexity index is 83.5. The van der Waals surface area contributed by atoms with Gasteiger partial charge >= 0.3 is 0 Å². The van der Waals surface area contributed by atoms with E-state index in [4.69, 9.17) is 23.5 Å². The Kier molecular flexibility index (Phi) is 7.28. The van der Waals surface area contributed by atoms with Gasteiger partial charge in [0.2, 0.25) is 5.56 Å². The monoisotopic (exact) mass is 207 g/mol. The van der Waals surface area contributed by atoms with E-state index in [9.17, 15) is 0 Å². The molecule has 0 saturated heterocycles. The van der Waals surface area contributed by atoms with Crippen molar-refractivity contribution in [2.24, 2.45) is 0 Å². The fourth-order valence-electron chi connectivity index (χ4n) is 0.459. The van der Waals surface area contributed by atoms with E-state index in [0.717, 1.165) is 4.48 Å². The van der Waals surface area contributed by atoms with Crippen molar-refractivity contribution in [3.8, 4) is 0 Å². The Morgan fingerprint density at radius 1 is 1.40 bits per heavy atom. The fraction of sp³-hybridized carbons (Fsp3) is 1.00. The Morgan fingerprint density at radius 2 is 1.80 bits per heavy atom. The van der Waals surface area contributed by atoms with Gasteiger partial charge in [-0.05, 0) is 0 Å². The lowest BCUT2D eigenvalue weighted by Gasteiger charge is -2.24. The van der Waals surface area contributed by atoms with E-state index in [0.29, 0.717) is 6.54 Å². The molecule has 0 fully saturated rings. The maximum atomic E-state index is 5.58. The number of quaternary nitrogens is 1. The molecule has 0 radical (unpaired) electrons. The molecule has 0 aromatic rings. The quantitative estimate of drug-likeness (QED) is 0.402. The minimum absolute atomic E-state index is 0. The van der Waals surface area contributed by atoms with Gasteiger partial charge in [0.15, 0.2) is 0 Å². The maximum Gasteiger partial charge on any atom is 0.200 e. The first-order valence-electron chi connectivity index (χ1n) is 2.67. The Labute approximate surface area is 78.2 Å². The summed E-state index contributed by atoms with van der Waals surface area (Å²) in [4.78, 5) is 0. The summed E-state index contributed by atoms with van der Waals surface area (Å²) in [5, 5.41) is 0. The number of rotatable bonds is 3. The molecule has 0 aromatic carbocycles. The van der Waals surface area contributed by atoms with Gasteiger partial charge in [-0.2, -0.15) is 0 Å². The molecule has 0 aliphatic carbocycles. The fourth-order valence-corrected chi connectivity index (χ4v) is 0.929. The van der Waals surface area contributed by atoms with E-state index < -0.39 is 5.56 Å². The largest absolute Gasteiger partial charge is 1.00 e. The smallest absolute Gasteiger partial charge is 0.200 e. The number of nitrogens with zero attached hydrogens (tertiary/aromatic N) is 1. The van der Waals surface area contributed by atoms with Crippen LogP contribution < -0.4 is 12.4 Å². The summed E-state index contributed by atoms with van der Waals surface area (Å²) in [5.74, 6) is 0. The minimum atomic E-state index is -0.397. The normalized spacial score (nSPS) is 14.1. The van der Waals surface area contributed by atoms with Crippen molar-refractivity contribution in [3.05, 3.63) is 0 Å². The van der Waals surface area contributed by atoms with Crippen molar-refractivity contribution in [1.82, 2.24) is 0 Å². The van der Waals surface area contributed by atoms with E-state index in [1.807, 2.05) is 21.1 Å². The molecule has 10 heavy (non-hydrogen) atoms. The first kappa shape index (κ1) is 13.4. The molecule has 2 nitrogen and oxygen atoms in total. The van der Waals surface area contributed by atoms with Gasteiger partial charge in [0, 0.05) is 0 Å². The molecule has 64 valence electrons. The summed E-state index contributed by atoms with van der Waals surface area (Å²) in [6.45, 7) is 0.699. The number of alkyl halides is 1. The molecule has 1 unspecified atom stereocenters. The van der Waals surface area contributed by atoms with Gasteiger partial charge in [0.05, 0.1) is 33.0 Å². The third-order valence-corrected chi connectivity index (χ3v) is 1.32. The lowest BCUT2D eigenvalue weighted by Crippen LogP contribution is -3.00. The van der Waals surface area contributed by atoms with Crippen LogP contribution in [0.5, 0.6) is 0 Å². The van der Waals surface area contributed by atoms with Crippen molar-refractivity contribution >= 4 is 23.5 Å². The van der Waals surface area contributed by atoms with Gasteiger partial charge in [-0.25, -0.2) is 0 Å². The van der Waals surface area contributed by atoms with Crippen LogP contribution in [0.1, 0.15) is 0 Å². The van der Waals surface area contributed by atoms with E-state index in [-0.39, 0.29) is 12.4 Å². The number of halogens is 3. The van der Waals surface area contributed by atoms with Gasteiger partial charge < -0.3 is 16.9 Å². The van der Waals surface area contributed by atoms with Crippen LogP contribution in [0.15, 0.2) is 0 Å². The zero-order valence-corrected chi connectivity index (χ0v) is 8.54. The highest BCUT2D eigenvalue weighted by Crippen LogP contribution is 2.05. The van der Waals surface area contributed by atoms with Crippen LogP contribution in [-0.4, -0.2) is 37.7 Å². The highest BCUT2D eigenvalue weighted by molar-refractivity contribution is 6.22. The van der Waals surface area contributed by atoms with Gasteiger partial charge in [-0.3, -0.25) is 4.29 Å². The third kappa shape index (κ3) is 8.79. The van der Waals surface area contributed by atoms with Crippen LogP contribution in [0.3, 0.4) is 0 Å². The molecule has 0 saturated carbocycles. The van der Waals surface area contributed by atoms with Crippen LogP contribution in [0, 0.1) is 0 Å². The summed E-state index contributed by atoms with van der Waals surface area (Å²) in [6, 6.07) is 0. The summed E-state index contributed by atoms with van der Waals surface area (Å²) < 4.78 is 5.10. The summed E-state index contributed by atoms with van der Waals surface area (Å²) in [5.41, 5.74) is -0.397. The number of hydrogen-bond donors (Lipinski definition) is 0. The molecule has 0 aliphatic rings. The molecule has 0 spiro atoms. The lowest BCUT2D eigenvalue weighted by atomic mass is 10.5. The van der Waals surface area contributed by atoms with Crippen molar-refractivity contribution < 1.29 is 21.2 Å². The van der Waals surface area contributed by atoms with Crippen LogP contribution in [0.2, 0.25) is 0 Å². The molecular weight excluding hydrogens is 196 g/mol. The average Bonchev–Trinajstić information content (AvgIpc) is 1.62. The highest BCUT2D eigenvalue weighted by atomic mass is 35.5. The zero-order valence-electron chi connectivity index (χ0n) is 6.27. The van der Waals surface area contributed by atoms with Gasteiger partial charge in [-0.1, -0.05) is 11.6 Å². The molecule has 0 aliphatic heterocycles. The third-order valence-electron chi connectivity index (χ3n) is 0.788. The molecule has 0 aromatic heterocycles. The number of hydrogen-bond acceptors (Lipinski definition) is 1. The predicted octanol–water partition coefficient (Wildman–Crippen LogP) is -1.57.